The number of fused-ring (bicyclic) bond motifs is 1. The van der Waals surface area contributed by atoms with Crippen molar-refractivity contribution in [2.45, 2.75) is 39.8 Å². The van der Waals surface area contributed by atoms with Gasteiger partial charge in [0.15, 0.2) is 0 Å². The molecule has 1 N–H and O–H groups in total. The van der Waals surface area contributed by atoms with E-state index in [2.05, 4.69) is 75.5 Å². The van der Waals surface area contributed by atoms with Gasteiger partial charge in [0.05, 0.1) is 18.8 Å². The molecule has 0 bridgehead atoms. The molecule has 2 heteroatoms. The van der Waals surface area contributed by atoms with Gasteiger partial charge >= 0.3 is 0 Å². The molecule has 2 rings (SSSR count). The Labute approximate surface area is 128 Å². The van der Waals surface area contributed by atoms with E-state index in [0.29, 0.717) is 12.5 Å². The highest BCUT2D eigenvalue weighted by atomic mass is 16.5. The first-order valence-corrected chi connectivity index (χ1v) is 7.95. The van der Waals surface area contributed by atoms with Gasteiger partial charge in [-0.2, -0.15) is 0 Å². The van der Waals surface area contributed by atoms with Crippen LogP contribution >= 0.6 is 0 Å². The molecule has 21 heavy (non-hydrogen) atoms. The number of hydrogen-bond donors (Lipinski definition) is 1. The van der Waals surface area contributed by atoms with Gasteiger partial charge in [-0.1, -0.05) is 57.2 Å². The standard InChI is InChI=1S/C19H27NO/c1-5-20-19(13-21-15(4)14(2)3)18-11-10-16-8-6-7-9-17(16)12-18/h6-12,14-15,19-20H,5,13H2,1-4H3. The third kappa shape index (κ3) is 4.29. The first-order chi connectivity index (χ1) is 10.1. The minimum absolute atomic E-state index is 0.251. The highest BCUT2D eigenvalue weighted by Crippen LogP contribution is 2.21. The predicted molar refractivity (Wildman–Crippen MR) is 90.6 cm³/mol. The zero-order chi connectivity index (χ0) is 15.2. The Hall–Kier alpha value is -1.38. The van der Waals surface area contributed by atoms with Gasteiger partial charge < -0.3 is 10.1 Å². The molecule has 0 aliphatic rings. The monoisotopic (exact) mass is 285 g/mol. The summed E-state index contributed by atoms with van der Waals surface area (Å²) >= 11 is 0. The summed E-state index contributed by atoms with van der Waals surface area (Å²) in [6.45, 7) is 10.3. The molecule has 2 nitrogen and oxygen atoms in total. The average Bonchev–Trinajstić information content (AvgIpc) is 2.50. The van der Waals surface area contributed by atoms with Crippen molar-refractivity contribution in [1.29, 1.82) is 0 Å². The molecule has 0 heterocycles. The third-order valence-corrected chi connectivity index (χ3v) is 4.09. The quantitative estimate of drug-likeness (QED) is 0.805. The maximum atomic E-state index is 6.02. The summed E-state index contributed by atoms with van der Waals surface area (Å²) in [6, 6.07) is 15.4. The molecule has 0 aromatic heterocycles. The molecular formula is C19H27NO. The predicted octanol–water partition coefficient (Wildman–Crippen LogP) is 4.55. The van der Waals surface area contributed by atoms with Crippen molar-refractivity contribution >= 4 is 10.8 Å². The lowest BCUT2D eigenvalue weighted by Gasteiger charge is -2.23. The summed E-state index contributed by atoms with van der Waals surface area (Å²) in [4.78, 5) is 0. The molecular weight excluding hydrogens is 258 g/mol. The topological polar surface area (TPSA) is 21.3 Å². The Bertz CT molecular complexity index is 564. The summed E-state index contributed by atoms with van der Waals surface area (Å²) in [5.41, 5.74) is 1.30. The maximum absolute atomic E-state index is 6.02. The van der Waals surface area contributed by atoms with Crippen molar-refractivity contribution < 1.29 is 4.74 Å². The molecule has 0 aliphatic heterocycles. The zero-order valence-corrected chi connectivity index (χ0v) is 13.6. The van der Waals surface area contributed by atoms with Crippen LogP contribution in [0.3, 0.4) is 0 Å². The van der Waals surface area contributed by atoms with E-state index < -0.39 is 0 Å². The average molecular weight is 285 g/mol. The Balaban J connectivity index is 2.15. The van der Waals surface area contributed by atoms with Crippen molar-refractivity contribution in [1.82, 2.24) is 5.32 Å². The van der Waals surface area contributed by atoms with E-state index in [0.717, 1.165) is 6.54 Å². The largest absolute Gasteiger partial charge is 0.376 e. The van der Waals surface area contributed by atoms with Crippen LogP contribution in [0.15, 0.2) is 42.5 Å². The molecule has 0 saturated carbocycles. The highest BCUT2D eigenvalue weighted by Gasteiger charge is 2.14. The number of ether oxygens (including phenoxy) is 1. The summed E-state index contributed by atoms with van der Waals surface area (Å²) in [7, 11) is 0. The van der Waals surface area contributed by atoms with Crippen molar-refractivity contribution in [3.63, 3.8) is 0 Å². The van der Waals surface area contributed by atoms with Crippen LogP contribution in [0.2, 0.25) is 0 Å². The fraction of sp³-hybridized carbons (Fsp3) is 0.474. The fourth-order valence-corrected chi connectivity index (χ4v) is 2.38. The van der Waals surface area contributed by atoms with Gasteiger partial charge in [-0.15, -0.1) is 0 Å². The Morgan fingerprint density at radius 2 is 1.71 bits per heavy atom. The second-order valence-corrected chi connectivity index (χ2v) is 6.00. The van der Waals surface area contributed by atoms with Gasteiger partial charge in [0, 0.05) is 0 Å². The third-order valence-electron chi connectivity index (χ3n) is 4.09. The first kappa shape index (κ1) is 16.0. The van der Waals surface area contributed by atoms with Crippen molar-refractivity contribution in [2.75, 3.05) is 13.2 Å². The van der Waals surface area contributed by atoms with E-state index in [1.165, 1.54) is 16.3 Å². The zero-order valence-electron chi connectivity index (χ0n) is 13.6. The van der Waals surface area contributed by atoms with Crippen LogP contribution in [0.25, 0.3) is 10.8 Å². The molecule has 2 atom stereocenters. The molecule has 0 amide bonds. The summed E-state index contributed by atoms with van der Waals surface area (Å²) < 4.78 is 6.02. The van der Waals surface area contributed by atoms with Gasteiger partial charge in [-0.05, 0) is 41.8 Å². The Kier molecular flexibility index (Phi) is 5.77. The number of likely N-dealkylation sites (N-methyl/N-ethyl adjacent to an activating group) is 1. The molecule has 2 unspecified atom stereocenters. The van der Waals surface area contributed by atoms with Gasteiger partial charge in [0.2, 0.25) is 0 Å². The van der Waals surface area contributed by atoms with Crippen LogP contribution in [0.1, 0.15) is 39.3 Å². The van der Waals surface area contributed by atoms with Crippen LogP contribution in [0.5, 0.6) is 0 Å². The maximum Gasteiger partial charge on any atom is 0.0665 e. The van der Waals surface area contributed by atoms with E-state index >= 15 is 0 Å². The minimum Gasteiger partial charge on any atom is -0.376 e. The summed E-state index contributed by atoms with van der Waals surface area (Å²) in [5.74, 6) is 0.545. The number of benzene rings is 2. The van der Waals surface area contributed by atoms with Gasteiger partial charge in [0.1, 0.15) is 0 Å². The second-order valence-electron chi connectivity index (χ2n) is 6.00. The van der Waals surface area contributed by atoms with Gasteiger partial charge in [-0.3, -0.25) is 0 Å². The molecule has 0 radical (unpaired) electrons. The van der Waals surface area contributed by atoms with E-state index in [4.69, 9.17) is 4.74 Å². The van der Waals surface area contributed by atoms with E-state index in [-0.39, 0.29) is 12.1 Å². The fourth-order valence-electron chi connectivity index (χ4n) is 2.38. The molecule has 114 valence electrons. The molecule has 2 aromatic rings. The van der Waals surface area contributed by atoms with E-state index in [1.807, 2.05) is 0 Å². The second kappa shape index (κ2) is 7.58. The van der Waals surface area contributed by atoms with Gasteiger partial charge in [-0.25, -0.2) is 0 Å². The summed E-state index contributed by atoms with van der Waals surface area (Å²) in [5, 5.41) is 6.10. The van der Waals surface area contributed by atoms with Crippen molar-refractivity contribution in [3.05, 3.63) is 48.0 Å². The number of nitrogens with one attached hydrogen (secondary N) is 1. The summed E-state index contributed by atoms with van der Waals surface area (Å²) in [6.07, 6.45) is 0.284. The molecule has 0 aliphatic carbocycles. The van der Waals surface area contributed by atoms with Gasteiger partial charge in [0.25, 0.3) is 0 Å². The smallest absolute Gasteiger partial charge is 0.0665 e. The first-order valence-electron chi connectivity index (χ1n) is 7.95. The van der Waals surface area contributed by atoms with Crippen molar-refractivity contribution in [3.8, 4) is 0 Å². The van der Waals surface area contributed by atoms with Crippen LogP contribution in [0, 0.1) is 5.92 Å². The molecule has 2 aromatic carbocycles. The SMILES string of the molecule is CCNC(COC(C)C(C)C)c1ccc2ccccc2c1. The number of hydrogen-bond acceptors (Lipinski definition) is 2. The molecule has 0 spiro atoms. The van der Waals surface area contributed by atoms with Crippen LogP contribution in [0.4, 0.5) is 0 Å². The number of rotatable bonds is 7. The van der Waals surface area contributed by atoms with Crippen LogP contribution in [-0.4, -0.2) is 19.3 Å². The highest BCUT2D eigenvalue weighted by molar-refractivity contribution is 5.83. The Morgan fingerprint density at radius 3 is 2.38 bits per heavy atom. The van der Waals surface area contributed by atoms with E-state index in [1.54, 1.807) is 0 Å². The normalized spacial score (nSPS) is 14.5. The lowest BCUT2D eigenvalue weighted by atomic mass is 10.0. The lowest BCUT2D eigenvalue weighted by Crippen LogP contribution is -2.28. The van der Waals surface area contributed by atoms with Crippen LogP contribution < -0.4 is 5.32 Å². The molecule has 0 fully saturated rings. The van der Waals surface area contributed by atoms with E-state index in [9.17, 15) is 0 Å². The lowest BCUT2D eigenvalue weighted by molar-refractivity contribution is 0.0220. The minimum atomic E-state index is 0.251. The Morgan fingerprint density at radius 1 is 1.00 bits per heavy atom. The van der Waals surface area contributed by atoms with Crippen LogP contribution in [-0.2, 0) is 4.74 Å². The molecule has 0 saturated heterocycles. The van der Waals surface area contributed by atoms with Crippen molar-refractivity contribution in [2.24, 2.45) is 5.92 Å².